The maximum atomic E-state index is 13.1. The molecule has 0 aliphatic rings. The van der Waals surface area contributed by atoms with Gasteiger partial charge in [0.05, 0.1) is 7.11 Å². The molecule has 0 spiro atoms. The molecule has 9 heteroatoms. The topological polar surface area (TPSA) is 123 Å². The monoisotopic (exact) mass is 628 g/mol. The summed E-state index contributed by atoms with van der Waals surface area (Å²) in [6.07, 6.45) is 3.77. The average Bonchev–Trinajstić information content (AvgIpc) is 3.06. The summed E-state index contributed by atoms with van der Waals surface area (Å²) in [4.78, 5) is 41.6. The number of hydrogen-bond acceptors (Lipinski definition) is 6. The van der Waals surface area contributed by atoms with Crippen molar-refractivity contribution >= 4 is 39.3 Å². The molecule has 4 rings (SSSR count). The largest absolute Gasteiger partial charge is 0.479 e. The van der Waals surface area contributed by atoms with Crippen molar-refractivity contribution in [2.45, 2.75) is 63.6 Å². The number of hydroxylamine groups is 1. The zero-order valence-corrected chi connectivity index (χ0v) is 26.4. The molecule has 0 aromatic heterocycles. The lowest BCUT2D eigenvalue weighted by atomic mass is 10.0. The third-order valence-electron chi connectivity index (χ3n) is 7.86. The van der Waals surface area contributed by atoms with Crippen molar-refractivity contribution < 1.29 is 33.8 Å². The second kappa shape index (κ2) is 18.6. The van der Waals surface area contributed by atoms with E-state index in [0.29, 0.717) is 13.0 Å². The molecular weight excluding hydrogens is 584 g/mol. The highest BCUT2D eigenvalue weighted by molar-refractivity contribution is 5.88. The predicted octanol–water partition coefficient (Wildman–Crippen LogP) is 5.77. The van der Waals surface area contributed by atoms with Gasteiger partial charge < -0.3 is 19.9 Å². The molecule has 244 valence electrons. The van der Waals surface area contributed by atoms with E-state index in [1.807, 2.05) is 24.3 Å². The minimum absolute atomic E-state index is 0.180. The van der Waals surface area contributed by atoms with Gasteiger partial charge >= 0.3 is 5.97 Å². The van der Waals surface area contributed by atoms with E-state index >= 15 is 0 Å². The van der Waals surface area contributed by atoms with Crippen LogP contribution in [0.15, 0.2) is 84.9 Å². The summed E-state index contributed by atoms with van der Waals surface area (Å²) in [5.41, 5.74) is 4.60. The standard InChI is InChI=1S/C37H44N2O7/c1-44-39-33(40)26-46-35(37(42)43)34(45-23-11-3-5-13-28-19-21-30-15-7-9-17-32(30)25-28)36(41)38-22-10-2-4-12-27-18-20-29-14-6-8-16-31(29)24-27/h6-9,14-21,24-25,34-35H,2-5,10-13,22-23,26H2,1H3,(H,38,41)(H,39,40)(H,42,43). The highest BCUT2D eigenvalue weighted by Crippen LogP contribution is 2.19. The number of hydrogen-bond donors (Lipinski definition) is 3. The highest BCUT2D eigenvalue weighted by atomic mass is 16.6. The summed E-state index contributed by atoms with van der Waals surface area (Å²) in [7, 11) is 1.26. The van der Waals surface area contributed by atoms with Crippen LogP contribution in [-0.2, 0) is 41.5 Å². The lowest BCUT2D eigenvalue weighted by Gasteiger charge is -2.24. The first kappa shape index (κ1) is 34.6. The maximum absolute atomic E-state index is 13.1. The Morgan fingerprint density at radius 3 is 1.80 bits per heavy atom. The van der Waals surface area contributed by atoms with Gasteiger partial charge in [-0.3, -0.25) is 14.4 Å². The summed E-state index contributed by atoms with van der Waals surface area (Å²) in [6.45, 7) is -0.0455. The molecule has 2 unspecified atom stereocenters. The number of nitrogens with one attached hydrogen (secondary N) is 2. The number of carbonyl (C=O) groups is 3. The molecule has 2 atom stereocenters. The normalized spacial score (nSPS) is 12.5. The Morgan fingerprint density at radius 2 is 1.24 bits per heavy atom. The molecule has 3 N–H and O–H groups in total. The number of aliphatic carboxylic acids is 1. The third-order valence-corrected chi connectivity index (χ3v) is 7.86. The van der Waals surface area contributed by atoms with E-state index in [0.717, 1.165) is 44.9 Å². The van der Waals surface area contributed by atoms with Gasteiger partial charge in [-0.1, -0.05) is 97.8 Å². The van der Waals surface area contributed by atoms with Gasteiger partial charge in [0, 0.05) is 13.2 Å². The Morgan fingerprint density at radius 1 is 0.674 bits per heavy atom. The molecular formula is C37H44N2O7. The van der Waals surface area contributed by atoms with E-state index in [1.165, 1.54) is 39.8 Å². The van der Waals surface area contributed by atoms with E-state index in [1.54, 1.807) is 0 Å². The lowest BCUT2D eigenvalue weighted by Crippen LogP contribution is -2.50. The van der Waals surface area contributed by atoms with Crippen molar-refractivity contribution in [3.63, 3.8) is 0 Å². The number of carboxylic acids is 1. The Bertz CT molecular complexity index is 1570. The molecule has 4 aromatic rings. The molecule has 46 heavy (non-hydrogen) atoms. The van der Waals surface area contributed by atoms with Crippen molar-refractivity contribution in [1.29, 1.82) is 0 Å². The zero-order valence-electron chi connectivity index (χ0n) is 26.4. The van der Waals surface area contributed by atoms with Gasteiger partial charge in [0.1, 0.15) is 6.61 Å². The summed E-state index contributed by atoms with van der Waals surface area (Å²) in [5.74, 6) is -2.64. The fraction of sp³-hybridized carbons (Fsp3) is 0.378. The van der Waals surface area contributed by atoms with Crippen LogP contribution in [0.2, 0.25) is 0 Å². The number of carbonyl (C=O) groups excluding carboxylic acids is 2. The van der Waals surface area contributed by atoms with Crippen LogP contribution in [0.3, 0.4) is 0 Å². The SMILES string of the molecule is CONC(=O)COC(C(=O)O)C(OCCCCCc1ccc2ccccc2c1)C(=O)NCCCCCc1ccc2ccccc2c1. The van der Waals surface area contributed by atoms with Gasteiger partial charge in [-0.25, -0.2) is 10.3 Å². The fourth-order valence-electron chi connectivity index (χ4n) is 5.45. The summed E-state index contributed by atoms with van der Waals surface area (Å²) in [5, 5.41) is 17.5. The van der Waals surface area contributed by atoms with Gasteiger partial charge in [0.25, 0.3) is 11.8 Å². The molecule has 0 aliphatic carbocycles. The first-order valence-corrected chi connectivity index (χ1v) is 16.0. The Balaban J connectivity index is 1.23. The van der Waals surface area contributed by atoms with Crippen LogP contribution < -0.4 is 10.8 Å². The minimum Gasteiger partial charge on any atom is -0.479 e. The van der Waals surface area contributed by atoms with Gasteiger partial charge in [0.2, 0.25) is 0 Å². The first-order chi connectivity index (χ1) is 22.4. The van der Waals surface area contributed by atoms with Gasteiger partial charge in [0.15, 0.2) is 12.2 Å². The number of unbranched alkanes of at least 4 members (excludes halogenated alkanes) is 4. The van der Waals surface area contributed by atoms with Crippen LogP contribution in [-0.4, -0.2) is 62.0 Å². The molecule has 4 aromatic carbocycles. The van der Waals surface area contributed by atoms with Crippen molar-refractivity contribution in [3.05, 3.63) is 96.1 Å². The average molecular weight is 629 g/mol. The van der Waals surface area contributed by atoms with Crippen LogP contribution in [0.1, 0.15) is 49.7 Å². The number of carboxylic acid groups (broad SMARTS) is 1. The van der Waals surface area contributed by atoms with Crippen molar-refractivity contribution in [1.82, 2.24) is 10.8 Å². The van der Waals surface area contributed by atoms with E-state index in [4.69, 9.17) is 9.47 Å². The minimum atomic E-state index is -1.66. The molecule has 2 amide bonds. The van der Waals surface area contributed by atoms with E-state index in [9.17, 15) is 19.5 Å². The second-order valence-electron chi connectivity index (χ2n) is 11.4. The lowest BCUT2D eigenvalue weighted by molar-refractivity contribution is -0.171. The summed E-state index contributed by atoms with van der Waals surface area (Å²) < 4.78 is 11.1. The molecule has 0 bridgehead atoms. The van der Waals surface area contributed by atoms with E-state index in [2.05, 4.69) is 76.3 Å². The van der Waals surface area contributed by atoms with Crippen LogP contribution in [0.5, 0.6) is 0 Å². The number of rotatable bonds is 20. The number of ether oxygens (including phenoxy) is 2. The van der Waals surface area contributed by atoms with Gasteiger partial charge in [-0.05, 0) is 71.2 Å². The first-order valence-electron chi connectivity index (χ1n) is 16.0. The van der Waals surface area contributed by atoms with Crippen molar-refractivity contribution in [2.75, 3.05) is 26.9 Å². The number of aryl methyl sites for hydroxylation is 2. The summed E-state index contributed by atoms with van der Waals surface area (Å²) >= 11 is 0. The van der Waals surface area contributed by atoms with Crippen LogP contribution in [0, 0.1) is 0 Å². The number of benzene rings is 4. The molecule has 9 nitrogen and oxygen atoms in total. The quantitative estimate of drug-likeness (QED) is 0.0839. The predicted molar refractivity (Wildman–Crippen MR) is 178 cm³/mol. The fourth-order valence-corrected chi connectivity index (χ4v) is 5.45. The number of amides is 2. The molecule has 0 fully saturated rings. The van der Waals surface area contributed by atoms with Crippen LogP contribution in [0.4, 0.5) is 0 Å². The molecule has 0 aliphatic heterocycles. The Labute approximate surface area is 270 Å². The van der Waals surface area contributed by atoms with Gasteiger partial charge in [-0.2, -0.15) is 0 Å². The Hall–Kier alpha value is -4.31. The van der Waals surface area contributed by atoms with E-state index in [-0.39, 0.29) is 6.61 Å². The second-order valence-corrected chi connectivity index (χ2v) is 11.4. The number of fused-ring (bicyclic) bond motifs is 2. The zero-order chi connectivity index (χ0) is 32.6. The maximum Gasteiger partial charge on any atom is 0.336 e. The Kier molecular flexibility index (Phi) is 14.0. The molecule has 0 heterocycles. The van der Waals surface area contributed by atoms with Crippen molar-refractivity contribution in [2.24, 2.45) is 0 Å². The molecule has 0 saturated heterocycles. The third kappa shape index (κ3) is 10.9. The van der Waals surface area contributed by atoms with Crippen LogP contribution >= 0.6 is 0 Å². The van der Waals surface area contributed by atoms with Crippen molar-refractivity contribution in [3.8, 4) is 0 Å². The molecule has 0 radical (unpaired) electrons. The highest BCUT2D eigenvalue weighted by Gasteiger charge is 2.36. The smallest absolute Gasteiger partial charge is 0.336 e. The summed E-state index contributed by atoms with van der Waals surface area (Å²) in [6, 6.07) is 29.5. The van der Waals surface area contributed by atoms with Gasteiger partial charge in [-0.15, -0.1) is 0 Å². The molecule has 0 saturated carbocycles. The van der Waals surface area contributed by atoms with E-state index < -0.39 is 36.6 Å². The van der Waals surface area contributed by atoms with Crippen LogP contribution in [0.25, 0.3) is 21.5 Å².